The molecule has 8 heteroatoms. The van der Waals surface area contributed by atoms with Crippen LogP contribution in [0.1, 0.15) is 6.92 Å². The van der Waals surface area contributed by atoms with Crippen LogP contribution in [-0.2, 0) is 4.79 Å². The van der Waals surface area contributed by atoms with Gasteiger partial charge in [-0.3, -0.25) is 4.79 Å². The molecule has 3 nitrogen and oxygen atoms in total. The summed E-state index contributed by atoms with van der Waals surface area (Å²) in [6.07, 6.45) is 0. The molecule has 0 saturated carbocycles. The number of carbonyl (C=O) groups is 1. The zero-order chi connectivity index (χ0) is 12.5. The van der Waals surface area contributed by atoms with Crippen molar-refractivity contribution in [1.82, 2.24) is 5.48 Å². The monoisotopic (exact) mass is 321 g/mol. The van der Waals surface area contributed by atoms with Gasteiger partial charge in [0.05, 0.1) is 15.1 Å². The summed E-state index contributed by atoms with van der Waals surface area (Å²) < 4.78 is 0. The second-order valence-electron chi connectivity index (χ2n) is 2.66. The largest absolute Gasteiger partial charge is 0.376 e. The summed E-state index contributed by atoms with van der Waals surface area (Å²) in [6, 6.07) is 0. The number of carbonyl (C=O) groups excluding carboxylic acids is 1. The van der Waals surface area contributed by atoms with Crippen molar-refractivity contribution in [1.29, 1.82) is 0 Å². The molecule has 0 aromatic heterocycles. The summed E-state index contributed by atoms with van der Waals surface area (Å²) in [5.41, 5.74) is 2.05. The molecule has 1 rings (SSSR count). The number of hydroxylamine groups is 1. The average molecular weight is 323 g/mol. The van der Waals surface area contributed by atoms with E-state index in [0.29, 0.717) is 0 Å². The number of rotatable bonds is 2. The standard InChI is InChI=1S/C8H4Cl5NO2/c1-2(15)14-16-8-6(12)4(10)3(9)5(11)7(8)13/h1H3,(H,14,15). The van der Waals surface area contributed by atoms with Gasteiger partial charge in [0.2, 0.25) is 5.91 Å². The van der Waals surface area contributed by atoms with Crippen molar-refractivity contribution in [2.45, 2.75) is 6.92 Å². The van der Waals surface area contributed by atoms with Crippen molar-refractivity contribution in [2.24, 2.45) is 0 Å². The minimum Gasteiger partial charge on any atom is -0.376 e. The van der Waals surface area contributed by atoms with Crippen LogP contribution in [0.5, 0.6) is 5.75 Å². The normalized spacial score (nSPS) is 10.1. The van der Waals surface area contributed by atoms with Crippen molar-refractivity contribution in [2.75, 3.05) is 0 Å². The third-order valence-electron chi connectivity index (χ3n) is 1.47. The van der Waals surface area contributed by atoms with E-state index in [-0.39, 0.29) is 30.9 Å². The SMILES string of the molecule is CC(=O)NOc1c(Cl)c(Cl)c(Cl)c(Cl)c1Cl. The third-order valence-corrected chi connectivity index (χ3v) is 3.71. The number of hydrogen-bond donors (Lipinski definition) is 1. The van der Waals surface area contributed by atoms with Gasteiger partial charge in [0.15, 0.2) is 5.75 Å². The molecule has 88 valence electrons. The first kappa shape index (κ1) is 14.0. The molecule has 1 amide bonds. The molecule has 0 radical (unpaired) electrons. The van der Waals surface area contributed by atoms with Crippen molar-refractivity contribution >= 4 is 63.9 Å². The number of benzene rings is 1. The second-order valence-corrected chi connectivity index (χ2v) is 4.55. The van der Waals surface area contributed by atoms with Crippen molar-refractivity contribution in [3.63, 3.8) is 0 Å². The minimum atomic E-state index is -0.436. The fourth-order valence-electron chi connectivity index (χ4n) is 0.797. The van der Waals surface area contributed by atoms with Gasteiger partial charge < -0.3 is 4.84 Å². The lowest BCUT2D eigenvalue weighted by Gasteiger charge is -2.12. The average Bonchev–Trinajstić information content (AvgIpc) is 2.23. The molecule has 0 heterocycles. The molecule has 0 aliphatic rings. The maximum absolute atomic E-state index is 10.7. The van der Waals surface area contributed by atoms with Crippen LogP contribution in [0.3, 0.4) is 0 Å². The molecule has 0 fully saturated rings. The summed E-state index contributed by atoms with van der Waals surface area (Å²) >= 11 is 28.9. The summed E-state index contributed by atoms with van der Waals surface area (Å²) in [6.45, 7) is 1.25. The molecule has 0 aliphatic heterocycles. The van der Waals surface area contributed by atoms with Crippen LogP contribution in [0.2, 0.25) is 25.1 Å². The molecule has 1 aromatic carbocycles. The lowest BCUT2D eigenvalue weighted by molar-refractivity contribution is -0.125. The molecule has 0 saturated heterocycles. The van der Waals surface area contributed by atoms with E-state index in [0.717, 1.165) is 0 Å². The highest BCUT2D eigenvalue weighted by Crippen LogP contribution is 2.47. The first-order valence-electron chi connectivity index (χ1n) is 3.81. The third kappa shape index (κ3) is 2.79. The summed E-state index contributed by atoms with van der Waals surface area (Å²) in [7, 11) is 0. The lowest BCUT2D eigenvalue weighted by Crippen LogP contribution is -2.24. The predicted molar refractivity (Wildman–Crippen MR) is 65.9 cm³/mol. The van der Waals surface area contributed by atoms with Crippen LogP contribution >= 0.6 is 58.0 Å². The number of hydrogen-bond acceptors (Lipinski definition) is 2. The van der Waals surface area contributed by atoms with Crippen LogP contribution in [0.4, 0.5) is 0 Å². The van der Waals surface area contributed by atoms with E-state index in [1.54, 1.807) is 0 Å². The van der Waals surface area contributed by atoms with E-state index in [4.69, 9.17) is 62.8 Å². The van der Waals surface area contributed by atoms with Gasteiger partial charge in [-0.05, 0) is 0 Å². The van der Waals surface area contributed by atoms with Crippen molar-refractivity contribution < 1.29 is 9.63 Å². The molecule has 1 N–H and O–H groups in total. The Bertz CT molecular complexity index is 420. The second kappa shape index (κ2) is 5.52. The van der Waals surface area contributed by atoms with E-state index in [2.05, 4.69) is 0 Å². The van der Waals surface area contributed by atoms with Crippen LogP contribution < -0.4 is 10.3 Å². The van der Waals surface area contributed by atoms with Gasteiger partial charge >= 0.3 is 0 Å². The van der Waals surface area contributed by atoms with E-state index in [1.807, 2.05) is 5.48 Å². The maximum Gasteiger partial charge on any atom is 0.249 e. The zero-order valence-corrected chi connectivity index (χ0v) is 11.5. The topological polar surface area (TPSA) is 38.3 Å². The van der Waals surface area contributed by atoms with Gasteiger partial charge in [-0.25, -0.2) is 0 Å². The van der Waals surface area contributed by atoms with Crippen LogP contribution in [0.15, 0.2) is 0 Å². The summed E-state index contributed by atoms with van der Waals surface area (Å²) in [4.78, 5) is 15.5. The maximum atomic E-state index is 10.7. The Morgan fingerprint density at radius 3 is 1.69 bits per heavy atom. The van der Waals surface area contributed by atoms with E-state index in [1.165, 1.54) is 6.92 Å². The Morgan fingerprint density at radius 2 is 1.31 bits per heavy atom. The number of amides is 1. The molecule has 1 aromatic rings. The van der Waals surface area contributed by atoms with Crippen LogP contribution in [0.25, 0.3) is 0 Å². The van der Waals surface area contributed by atoms with E-state index >= 15 is 0 Å². The lowest BCUT2D eigenvalue weighted by atomic mass is 10.3. The highest BCUT2D eigenvalue weighted by Gasteiger charge is 2.21. The van der Waals surface area contributed by atoms with Crippen molar-refractivity contribution in [3.05, 3.63) is 25.1 Å². The Labute approximate surface area is 116 Å². The first-order valence-corrected chi connectivity index (χ1v) is 5.70. The quantitative estimate of drug-likeness (QED) is 0.498. The first-order chi connectivity index (χ1) is 7.36. The fraction of sp³-hybridized carbons (Fsp3) is 0.125. The van der Waals surface area contributed by atoms with E-state index < -0.39 is 5.91 Å². The highest BCUT2D eigenvalue weighted by molar-refractivity contribution is 6.55. The smallest absolute Gasteiger partial charge is 0.249 e. The van der Waals surface area contributed by atoms with Gasteiger partial charge in [0, 0.05) is 6.92 Å². The fourth-order valence-corrected chi connectivity index (χ4v) is 2.00. The minimum absolute atomic E-state index is 0.00177. The van der Waals surface area contributed by atoms with Gasteiger partial charge in [-0.1, -0.05) is 58.0 Å². The summed E-state index contributed by atoms with van der Waals surface area (Å²) in [5, 5.41) is -0.0469. The Hall–Kier alpha value is -0.0600. The van der Waals surface area contributed by atoms with Crippen LogP contribution in [-0.4, -0.2) is 5.91 Å². The molecule has 0 atom stereocenters. The molecule has 16 heavy (non-hydrogen) atoms. The Morgan fingerprint density at radius 1 is 0.938 bits per heavy atom. The van der Waals surface area contributed by atoms with E-state index in [9.17, 15) is 4.79 Å². The Kier molecular flexibility index (Phi) is 4.83. The highest BCUT2D eigenvalue weighted by atomic mass is 35.5. The molecule has 0 spiro atoms. The molecular weight excluding hydrogens is 319 g/mol. The molecule has 0 unspecified atom stereocenters. The molecule has 0 aliphatic carbocycles. The molecular formula is C8H4Cl5NO2. The van der Waals surface area contributed by atoms with Crippen molar-refractivity contribution in [3.8, 4) is 5.75 Å². The van der Waals surface area contributed by atoms with Crippen LogP contribution in [0, 0.1) is 0 Å². The summed E-state index contributed by atoms with van der Waals surface area (Å²) in [5.74, 6) is -0.493. The van der Waals surface area contributed by atoms with Gasteiger partial charge in [-0.15, -0.1) is 0 Å². The number of halogens is 5. The number of nitrogens with one attached hydrogen (secondary N) is 1. The van der Waals surface area contributed by atoms with Gasteiger partial charge in [0.25, 0.3) is 0 Å². The Balaban J connectivity index is 3.23. The van der Waals surface area contributed by atoms with Gasteiger partial charge in [0.1, 0.15) is 10.0 Å². The molecule has 0 bridgehead atoms. The predicted octanol–water partition coefficient (Wildman–Crippen LogP) is 4.38. The zero-order valence-electron chi connectivity index (χ0n) is 7.71. The van der Waals surface area contributed by atoms with Gasteiger partial charge in [-0.2, -0.15) is 5.48 Å².